The number of benzene rings is 1. The van der Waals surface area contributed by atoms with Crippen molar-refractivity contribution in [3.63, 3.8) is 0 Å². The number of piperazine rings is 1. The fourth-order valence-electron chi connectivity index (χ4n) is 2.45. The summed E-state index contributed by atoms with van der Waals surface area (Å²) in [5.74, 6) is 0. The van der Waals surface area contributed by atoms with Gasteiger partial charge >= 0.3 is 12.2 Å². The van der Waals surface area contributed by atoms with E-state index in [9.17, 15) is 14.4 Å². The molecule has 136 valence electrons. The standard InChI is InChI=1S/C18H24N2O5/c1-18(2,3)25-17(23)20-10-9-19(11-15(20)12-21)16(22)24-13-14-7-5-4-6-8-14/h4-8,12,15H,9-11,13H2,1-3H3/t15-/m0/s1. The van der Waals surface area contributed by atoms with Gasteiger partial charge in [0.05, 0.1) is 6.54 Å². The van der Waals surface area contributed by atoms with Crippen LogP contribution in [0.3, 0.4) is 0 Å². The molecule has 1 aliphatic rings. The van der Waals surface area contributed by atoms with Crippen LogP contribution in [0.5, 0.6) is 0 Å². The van der Waals surface area contributed by atoms with Gasteiger partial charge in [-0.05, 0) is 26.3 Å². The van der Waals surface area contributed by atoms with Crippen LogP contribution in [0.15, 0.2) is 30.3 Å². The summed E-state index contributed by atoms with van der Waals surface area (Å²) in [7, 11) is 0. The van der Waals surface area contributed by atoms with Crippen LogP contribution >= 0.6 is 0 Å². The first kappa shape index (κ1) is 18.8. The normalized spacial score (nSPS) is 17.8. The Labute approximate surface area is 147 Å². The Balaban J connectivity index is 1.90. The van der Waals surface area contributed by atoms with Gasteiger partial charge in [0, 0.05) is 13.1 Å². The van der Waals surface area contributed by atoms with Gasteiger partial charge in [-0.3, -0.25) is 4.90 Å². The molecular weight excluding hydrogens is 324 g/mol. The Hall–Kier alpha value is -2.57. The molecule has 1 aliphatic heterocycles. The minimum absolute atomic E-state index is 0.0936. The van der Waals surface area contributed by atoms with Gasteiger partial charge in [-0.2, -0.15) is 0 Å². The quantitative estimate of drug-likeness (QED) is 0.784. The van der Waals surface area contributed by atoms with Gasteiger partial charge in [-0.1, -0.05) is 30.3 Å². The van der Waals surface area contributed by atoms with E-state index in [0.717, 1.165) is 5.56 Å². The van der Waals surface area contributed by atoms with Crippen molar-refractivity contribution in [1.29, 1.82) is 0 Å². The van der Waals surface area contributed by atoms with Gasteiger partial charge in [0.25, 0.3) is 0 Å². The van der Waals surface area contributed by atoms with Crippen LogP contribution in [0.2, 0.25) is 0 Å². The summed E-state index contributed by atoms with van der Waals surface area (Å²) < 4.78 is 10.6. The molecule has 0 bridgehead atoms. The maximum absolute atomic E-state index is 12.2. The highest BCUT2D eigenvalue weighted by Crippen LogP contribution is 2.16. The monoisotopic (exact) mass is 348 g/mol. The second-order valence-corrected chi connectivity index (χ2v) is 6.86. The number of amides is 2. The van der Waals surface area contributed by atoms with E-state index < -0.39 is 23.8 Å². The van der Waals surface area contributed by atoms with E-state index in [1.165, 1.54) is 9.80 Å². The largest absolute Gasteiger partial charge is 0.445 e. The molecule has 1 aromatic carbocycles. The molecule has 0 saturated carbocycles. The molecule has 1 saturated heterocycles. The molecular formula is C18H24N2O5. The lowest BCUT2D eigenvalue weighted by molar-refractivity contribution is -0.114. The number of hydrogen-bond acceptors (Lipinski definition) is 5. The van der Waals surface area contributed by atoms with Crippen molar-refractivity contribution < 1.29 is 23.9 Å². The molecule has 2 amide bonds. The molecule has 7 nitrogen and oxygen atoms in total. The van der Waals surface area contributed by atoms with E-state index in [0.29, 0.717) is 6.29 Å². The Morgan fingerprint density at radius 2 is 1.84 bits per heavy atom. The summed E-state index contributed by atoms with van der Waals surface area (Å²) in [5, 5.41) is 0. The predicted octanol–water partition coefficient (Wildman–Crippen LogP) is 2.44. The smallest absolute Gasteiger partial charge is 0.411 e. The van der Waals surface area contributed by atoms with Crippen molar-refractivity contribution in [2.45, 2.75) is 39.0 Å². The highest BCUT2D eigenvalue weighted by Gasteiger charge is 2.35. The van der Waals surface area contributed by atoms with Gasteiger partial charge < -0.3 is 19.2 Å². The highest BCUT2D eigenvalue weighted by molar-refractivity contribution is 5.76. The van der Waals surface area contributed by atoms with Crippen molar-refractivity contribution >= 4 is 18.5 Å². The van der Waals surface area contributed by atoms with Gasteiger partial charge in [0.2, 0.25) is 0 Å². The maximum atomic E-state index is 12.2. The summed E-state index contributed by atoms with van der Waals surface area (Å²) in [6.07, 6.45) is -0.401. The topological polar surface area (TPSA) is 76.2 Å². The molecule has 1 fully saturated rings. The van der Waals surface area contributed by atoms with Crippen LogP contribution < -0.4 is 0 Å². The van der Waals surface area contributed by atoms with E-state index >= 15 is 0 Å². The van der Waals surface area contributed by atoms with Gasteiger partial charge in [0.15, 0.2) is 0 Å². The zero-order chi connectivity index (χ0) is 18.4. The molecule has 25 heavy (non-hydrogen) atoms. The number of carbonyl (C=O) groups is 3. The summed E-state index contributed by atoms with van der Waals surface area (Å²) in [5.41, 5.74) is 0.242. The summed E-state index contributed by atoms with van der Waals surface area (Å²) in [6, 6.07) is 8.60. The third kappa shape index (κ3) is 5.48. The van der Waals surface area contributed by atoms with E-state index in [2.05, 4.69) is 0 Å². The van der Waals surface area contributed by atoms with Gasteiger partial charge in [-0.15, -0.1) is 0 Å². The zero-order valence-corrected chi connectivity index (χ0v) is 14.8. The second kappa shape index (κ2) is 8.00. The maximum Gasteiger partial charge on any atom is 0.411 e. The van der Waals surface area contributed by atoms with Crippen LogP contribution in [0.4, 0.5) is 9.59 Å². The Morgan fingerprint density at radius 1 is 1.16 bits per heavy atom. The molecule has 1 atom stereocenters. The van der Waals surface area contributed by atoms with Crippen molar-refractivity contribution in [3.05, 3.63) is 35.9 Å². The lowest BCUT2D eigenvalue weighted by Crippen LogP contribution is -2.58. The van der Waals surface area contributed by atoms with Crippen molar-refractivity contribution in [1.82, 2.24) is 9.80 Å². The Bertz CT molecular complexity index is 612. The molecule has 7 heteroatoms. The van der Waals surface area contributed by atoms with Crippen LogP contribution in [0, 0.1) is 0 Å². The van der Waals surface area contributed by atoms with Crippen molar-refractivity contribution in [2.75, 3.05) is 19.6 Å². The Kier molecular flexibility index (Phi) is 6.01. The number of aldehydes is 1. The number of rotatable bonds is 3. The number of carbonyl (C=O) groups excluding carboxylic acids is 3. The first-order valence-electron chi connectivity index (χ1n) is 8.20. The number of hydrogen-bond donors (Lipinski definition) is 0. The minimum Gasteiger partial charge on any atom is -0.445 e. The fourth-order valence-corrected chi connectivity index (χ4v) is 2.45. The molecule has 0 N–H and O–H groups in total. The first-order chi connectivity index (χ1) is 11.8. The van der Waals surface area contributed by atoms with E-state index in [4.69, 9.17) is 9.47 Å². The van der Waals surface area contributed by atoms with Crippen LogP contribution in [0.25, 0.3) is 0 Å². The summed E-state index contributed by atoms with van der Waals surface area (Å²) >= 11 is 0. The lowest BCUT2D eigenvalue weighted by atomic mass is 10.2. The van der Waals surface area contributed by atoms with Crippen molar-refractivity contribution in [2.24, 2.45) is 0 Å². The molecule has 0 aliphatic carbocycles. The molecule has 0 aromatic heterocycles. The first-order valence-corrected chi connectivity index (χ1v) is 8.20. The molecule has 1 heterocycles. The molecule has 1 aromatic rings. The summed E-state index contributed by atoms with van der Waals surface area (Å²) in [4.78, 5) is 38.5. The predicted molar refractivity (Wildman–Crippen MR) is 91.0 cm³/mol. The Morgan fingerprint density at radius 3 is 2.44 bits per heavy atom. The molecule has 0 unspecified atom stereocenters. The molecule has 0 spiro atoms. The van der Waals surface area contributed by atoms with Crippen LogP contribution in [-0.2, 0) is 20.9 Å². The summed E-state index contributed by atoms with van der Waals surface area (Å²) in [6.45, 7) is 6.05. The highest BCUT2D eigenvalue weighted by atomic mass is 16.6. The molecule has 2 rings (SSSR count). The van der Waals surface area contributed by atoms with E-state index in [1.807, 2.05) is 30.3 Å². The number of nitrogens with zero attached hydrogens (tertiary/aromatic N) is 2. The van der Waals surface area contributed by atoms with E-state index in [1.54, 1.807) is 20.8 Å². The third-order valence-corrected chi connectivity index (χ3v) is 3.67. The van der Waals surface area contributed by atoms with Crippen LogP contribution in [0.1, 0.15) is 26.3 Å². The zero-order valence-electron chi connectivity index (χ0n) is 14.8. The average Bonchev–Trinajstić information content (AvgIpc) is 2.58. The van der Waals surface area contributed by atoms with Gasteiger partial charge in [0.1, 0.15) is 24.5 Å². The van der Waals surface area contributed by atoms with Gasteiger partial charge in [-0.25, -0.2) is 9.59 Å². The minimum atomic E-state index is -0.743. The van der Waals surface area contributed by atoms with E-state index in [-0.39, 0.29) is 26.2 Å². The number of ether oxygens (including phenoxy) is 2. The second-order valence-electron chi connectivity index (χ2n) is 6.86. The van der Waals surface area contributed by atoms with Crippen LogP contribution in [-0.4, -0.2) is 59.5 Å². The third-order valence-electron chi connectivity index (χ3n) is 3.67. The SMILES string of the molecule is CC(C)(C)OC(=O)N1CCN(C(=O)OCc2ccccc2)C[C@H]1C=O. The average molecular weight is 348 g/mol. The molecule has 0 radical (unpaired) electrons. The fraction of sp³-hybridized carbons (Fsp3) is 0.500. The lowest BCUT2D eigenvalue weighted by Gasteiger charge is -2.38. The van der Waals surface area contributed by atoms with Crippen molar-refractivity contribution in [3.8, 4) is 0 Å².